The third-order valence-corrected chi connectivity index (χ3v) is 3.87. The molecule has 0 fully saturated rings. The number of rotatable bonds is 9. The molecule has 0 unspecified atom stereocenters. The van der Waals surface area contributed by atoms with Gasteiger partial charge in [-0.25, -0.2) is 4.39 Å². The van der Waals surface area contributed by atoms with Crippen LogP contribution in [-0.4, -0.2) is 18.2 Å². The maximum absolute atomic E-state index is 13.1. The van der Waals surface area contributed by atoms with Crippen LogP contribution in [-0.2, 0) is 11.3 Å². The van der Waals surface area contributed by atoms with E-state index in [0.29, 0.717) is 19.6 Å². The highest BCUT2D eigenvalue weighted by atomic mass is 19.1. The van der Waals surface area contributed by atoms with Crippen molar-refractivity contribution in [3.05, 3.63) is 71.7 Å². The van der Waals surface area contributed by atoms with E-state index in [1.807, 2.05) is 44.2 Å². The van der Waals surface area contributed by atoms with E-state index in [1.54, 1.807) is 18.3 Å². The summed E-state index contributed by atoms with van der Waals surface area (Å²) in [6.45, 7) is 4.85. The van der Waals surface area contributed by atoms with Gasteiger partial charge in [0.1, 0.15) is 11.6 Å². The van der Waals surface area contributed by atoms with Crippen LogP contribution >= 0.6 is 0 Å². The molecule has 0 atom stereocenters. The maximum atomic E-state index is 13.1. The first-order chi connectivity index (χ1) is 13.1. The summed E-state index contributed by atoms with van der Waals surface area (Å²) in [5, 5.41) is 2.79. The summed E-state index contributed by atoms with van der Waals surface area (Å²) in [4.78, 5) is 16.5. The van der Waals surface area contributed by atoms with Crippen molar-refractivity contribution in [1.82, 2.24) is 5.32 Å². The summed E-state index contributed by atoms with van der Waals surface area (Å²) in [6.07, 6.45) is 4.49. The number of nitrogens with zero attached hydrogens (tertiary/aromatic N) is 1. The quantitative estimate of drug-likeness (QED) is 0.649. The molecule has 0 saturated carbocycles. The molecule has 0 aliphatic carbocycles. The van der Waals surface area contributed by atoms with Gasteiger partial charge in [0.25, 0.3) is 0 Å². The van der Waals surface area contributed by atoms with E-state index < -0.39 is 0 Å². The van der Waals surface area contributed by atoms with Crippen LogP contribution in [0.25, 0.3) is 6.08 Å². The van der Waals surface area contributed by atoms with Gasteiger partial charge in [0.2, 0.25) is 5.91 Å². The summed E-state index contributed by atoms with van der Waals surface area (Å²) in [7, 11) is 0. The lowest BCUT2D eigenvalue weighted by atomic mass is 10.2. The van der Waals surface area contributed by atoms with Crippen molar-refractivity contribution in [2.75, 3.05) is 6.61 Å². The van der Waals surface area contributed by atoms with Crippen molar-refractivity contribution in [3.63, 3.8) is 0 Å². The summed E-state index contributed by atoms with van der Waals surface area (Å²) < 4.78 is 18.6. The molecule has 0 spiro atoms. The Morgan fingerprint density at radius 2 is 1.96 bits per heavy atom. The van der Waals surface area contributed by atoms with Gasteiger partial charge in [-0.3, -0.25) is 9.79 Å². The number of benzene rings is 2. The summed E-state index contributed by atoms with van der Waals surface area (Å²) in [5.41, 5.74) is 2.52. The first-order valence-corrected chi connectivity index (χ1v) is 9.06. The van der Waals surface area contributed by atoms with Gasteiger partial charge in [0.15, 0.2) is 0 Å². The number of hydrogen-bond acceptors (Lipinski definition) is 3. The van der Waals surface area contributed by atoms with E-state index in [2.05, 4.69) is 10.3 Å². The zero-order chi connectivity index (χ0) is 19.5. The average Bonchev–Trinajstić information content (AvgIpc) is 2.67. The standard InChI is InChI=1S/C22H25FN2O2/c1-3-20(15-22(26)25-16-18-6-5-7-19(23)14-18)24-13-12-17-8-10-21(11-9-17)27-4-2/h5-14H,3-4,15-16H2,1-2H3,(H,25,26)/b13-12+,24-20?. The molecule has 2 aromatic carbocycles. The average molecular weight is 368 g/mol. The Balaban J connectivity index is 1.86. The van der Waals surface area contributed by atoms with E-state index in [4.69, 9.17) is 4.74 Å². The van der Waals surface area contributed by atoms with Crippen LogP contribution < -0.4 is 10.1 Å². The molecule has 0 bridgehead atoms. The Hall–Kier alpha value is -2.95. The normalized spacial score (nSPS) is 11.6. The zero-order valence-electron chi connectivity index (χ0n) is 15.7. The van der Waals surface area contributed by atoms with Gasteiger partial charge in [-0.05, 0) is 54.8 Å². The van der Waals surface area contributed by atoms with Gasteiger partial charge in [0, 0.05) is 18.5 Å². The molecule has 0 aliphatic rings. The zero-order valence-corrected chi connectivity index (χ0v) is 15.7. The molecule has 0 saturated heterocycles. The smallest absolute Gasteiger partial charge is 0.225 e. The Morgan fingerprint density at radius 3 is 2.63 bits per heavy atom. The highest BCUT2D eigenvalue weighted by Gasteiger charge is 2.06. The monoisotopic (exact) mass is 368 g/mol. The number of hydrogen-bond donors (Lipinski definition) is 1. The third-order valence-electron chi connectivity index (χ3n) is 3.87. The highest BCUT2D eigenvalue weighted by Crippen LogP contribution is 2.13. The largest absolute Gasteiger partial charge is 0.494 e. The summed E-state index contributed by atoms with van der Waals surface area (Å²) in [5.74, 6) is 0.397. The number of nitrogens with one attached hydrogen (secondary N) is 1. The predicted molar refractivity (Wildman–Crippen MR) is 107 cm³/mol. The van der Waals surface area contributed by atoms with Gasteiger partial charge in [-0.2, -0.15) is 0 Å². The van der Waals surface area contributed by atoms with Crippen molar-refractivity contribution in [1.29, 1.82) is 0 Å². The lowest BCUT2D eigenvalue weighted by Crippen LogP contribution is -2.25. The van der Waals surface area contributed by atoms with E-state index in [1.165, 1.54) is 12.1 Å². The highest BCUT2D eigenvalue weighted by molar-refractivity contribution is 6.01. The van der Waals surface area contributed by atoms with E-state index in [-0.39, 0.29) is 18.1 Å². The van der Waals surface area contributed by atoms with E-state index in [0.717, 1.165) is 22.6 Å². The minimum atomic E-state index is -0.308. The van der Waals surface area contributed by atoms with Crippen LogP contribution in [0.4, 0.5) is 4.39 Å². The molecule has 1 amide bonds. The van der Waals surface area contributed by atoms with E-state index >= 15 is 0 Å². The fourth-order valence-corrected chi connectivity index (χ4v) is 2.43. The molecule has 0 heterocycles. The molecule has 1 N–H and O–H groups in total. The number of ether oxygens (including phenoxy) is 1. The molecule has 0 aromatic heterocycles. The van der Waals surface area contributed by atoms with Crippen molar-refractivity contribution < 1.29 is 13.9 Å². The van der Waals surface area contributed by atoms with Crippen LogP contribution in [0.15, 0.2) is 59.7 Å². The van der Waals surface area contributed by atoms with Crippen LogP contribution in [0, 0.1) is 5.82 Å². The fourth-order valence-electron chi connectivity index (χ4n) is 2.43. The molecule has 142 valence electrons. The Bertz CT molecular complexity index is 798. The van der Waals surface area contributed by atoms with E-state index in [9.17, 15) is 9.18 Å². The van der Waals surface area contributed by atoms with Crippen LogP contribution in [0.2, 0.25) is 0 Å². The molecular weight excluding hydrogens is 343 g/mol. The number of carbonyl (C=O) groups excluding carboxylic acids is 1. The van der Waals surface area contributed by atoms with Gasteiger partial charge in [0.05, 0.1) is 13.0 Å². The number of amides is 1. The molecule has 5 heteroatoms. The minimum Gasteiger partial charge on any atom is -0.494 e. The van der Waals surface area contributed by atoms with Gasteiger partial charge in [-0.1, -0.05) is 31.2 Å². The third kappa shape index (κ3) is 7.44. The van der Waals surface area contributed by atoms with Crippen molar-refractivity contribution in [2.45, 2.75) is 33.2 Å². The lowest BCUT2D eigenvalue weighted by molar-refractivity contribution is -0.120. The number of halogens is 1. The lowest BCUT2D eigenvalue weighted by Gasteiger charge is -2.06. The molecule has 27 heavy (non-hydrogen) atoms. The Kier molecular flexibility index (Phi) is 8.23. The molecular formula is C22H25FN2O2. The second kappa shape index (κ2) is 10.9. The topological polar surface area (TPSA) is 50.7 Å². The number of carbonyl (C=O) groups is 1. The molecule has 0 aliphatic heterocycles. The molecule has 4 nitrogen and oxygen atoms in total. The maximum Gasteiger partial charge on any atom is 0.225 e. The van der Waals surface area contributed by atoms with Crippen molar-refractivity contribution in [3.8, 4) is 5.75 Å². The minimum absolute atomic E-state index is 0.130. The fraction of sp³-hybridized carbons (Fsp3) is 0.273. The summed E-state index contributed by atoms with van der Waals surface area (Å²) >= 11 is 0. The van der Waals surface area contributed by atoms with Gasteiger partial charge < -0.3 is 10.1 Å². The molecule has 2 rings (SSSR count). The molecule has 2 aromatic rings. The van der Waals surface area contributed by atoms with Crippen molar-refractivity contribution >= 4 is 17.7 Å². The van der Waals surface area contributed by atoms with Crippen molar-refractivity contribution in [2.24, 2.45) is 4.99 Å². The Morgan fingerprint density at radius 1 is 1.19 bits per heavy atom. The van der Waals surface area contributed by atoms with Crippen LogP contribution in [0.1, 0.15) is 37.8 Å². The Labute approximate surface area is 159 Å². The van der Waals surface area contributed by atoms with Gasteiger partial charge >= 0.3 is 0 Å². The van der Waals surface area contributed by atoms with Crippen LogP contribution in [0.5, 0.6) is 5.75 Å². The summed E-state index contributed by atoms with van der Waals surface area (Å²) in [6, 6.07) is 13.9. The second-order valence-electron chi connectivity index (χ2n) is 5.95. The first-order valence-electron chi connectivity index (χ1n) is 9.06. The second-order valence-corrected chi connectivity index (χ2v) is 5.95. The van der Waals surface area contributed by atoms with Gasteiger partial charge in [-0.15, -0.1) is 0 Å². The molecule has 0 radical (unpaired) electrons. The van der Waals surface area contributed by atoms with Crippen LogP contribution in [0.3, 0.4) is 0 Å². The predicted octanol–water partition coefficient (Wildman–Crippen LogP) is 4.75. The SMILES string of the molecule is CCOc1ccc(/C=C/N=C(CC)CC(=O)NCc2cccc(F)c2)cc1. The first kappa shape index (κ1) is 20.4. The number of aliphatic imine (C=N–C) groups is 1.